The maximum absolute atomic E-state index is 2.44. The van der Waals surface area contributed by atoms with Gasteiger partial charge in [-0.25, -0.2) is 0 Å². The van der Waals surface area contributed by atoms with Crippen LogP contribution in [0.15, 0.2) is 218 Å². The Bertz CT molecular complexity index is 1950. The van der Waals surface area contributed by atoms with E-state index in [0.29, 0.717) is 0 Å². The Hall–Kier alpha value is -6.64. The Morgan fingerprint density at radius 2 is 0.365 bits per heavy atom. The van der Waals surface area contributed by atoms with Crippen molar-refractivity contribution < 1.29 is 0 Å². The molecule has 0 radical (unpaired) electrons. The Morgan fingerprint density at radius 3 is 0.558 bits per heavy atom. The van der Waals surface area contributed by atoms with Crippen molar-refractivity contribution in [3.8, 4) is 44.5 Å². The molecular weight excluding hydrogens is 629 g/mol. The highest BCUT2D eigenvalue weighted by Gasteiger charge is 2.16. The standard InChI is InChI=1S/C50H40N2/c1-5-13-39(14-6-1)43-21-29-47(30-22-43)51(48-31-23-44(24-32-48)40-15-7-2-8-16-40)37-38-52(49-33-25-45(26-34-49)41-17-9-3-10-18-41)50-35-27-46(28-36-50)42-19-11-4-12-20-42/h1-36H,37-38H2. The second kappa shape index (κ2) is 15.5. The molecule has 0 N–H and O–H groups in total. The molecule has 0 saturated heterocycles. The molecule has 0 aliphatic carbocycles. The molecular formula is C50H40N2. The largest absolute Gasteiger partial charge is 0.340 e. The minimum Gasteiger partial charge on any atom is -0.340 e. The number of hydrogen-bond donors (Lipinski definition) is 0. The Kier molecular flexibility index (Phi) is 9.70. The first kappa shape index (κ1) is 32.6. The van der Waals surface area contributed by atoms with Crippen molar-refractivity contribution >= 4 is 22.7 Å². The van der Waals surface area contributed by atoms with Crippen LogP contribution in [-0.4, -0.2) is 13.1 Å². The zero-order valence-electron chi connectivity index (χ0n) is 29.1. The molecule has 0 fully saturated rings. The lowest BCUT2D eigenvalue weighted by molar-refractivity contribution is 0.886. The lowest BCUT2D eigenvalue weighted by Gasteiger charge is -2.31. The van der Waals surface area contributed by atoms with Gasteiger partial charge in [-0.15, -0.1) is 0 Å². The summed E-state index contributed by atoms with van der Waals surface area (Å²) in [6.07, 6.45) is 0. The monoisotopic (exact) mass is 668 g/mol. The molecule has 8 aromatic rings. The third kappa shape index (κ3) is 7.43. The Balaban J connectivity index is 1.14. The Morgan fingerprint density at radius 1 is 0.192 bits per heavy atom. The highest BCUT2D eigenvalue weighted by atomic mass is 15.2. The lowest BCUT2D eigenvalue weighted by atomic mass is 10.0. The molecule has 2 nitrogen and oxygen atoms in total. The molecule has 52 heavy (non-hydrogen) atoms. The van der Waals surface area contributed by atoms with Crippen LogP contribution in [0.25, 0.3) is 44.5 Å². The number of hydrogen-bond acceptors (Lipinski definition) is 2. The van der Waals surface area contributed by atoms with E-state index in [1.807, 2.05) is 0 Å². The minimum absolute atomic E-state index is 0.774. The third-order valence-corrected chi connectivity index (χ3v) is 9.69. The van der Waals surface area contributed by atoms with Gasteiger partial charge in [0, 0.05) is 35.8 Å². The van der Waals surface area contributed by atoms with Crippen LogP contribution in [-0.2, 0) is 0 Å². The van der Waals surface area contributed by atoms with Crippen LogP contribution in [0.1, 0.15) is 0 Å². The van der Waals surface area contributed by atoms with Crippen LogP contribution in [0.5, 0.6) is 0 Å². The fraction of sp³-hybridized carbons (Fsp3) is 0.0400. The Labute approximate surface area is 307 Å². The van der Waals surface area contributed by atoms with E-state index in [-0.39, 0.29) is 0 Å². The number of benzene rings is 8. The molecule has 0 bridgehead atoms. The van der Waals surface area contributed by atoms with Crippen LogP contribution in [0, 0.1) is 0 Å². The summed E-state index contributed by atoms with van der Waals surface area (Å²) in [5.74, 6) is 0. The van der Waals surface area contributed by atoms with Crippen LogP contribution < -0.4 is 9.80 Å². The van der Waals surface area contributed by atoms with E-state index in [2.05, 4.69) is 228 Å². The SMILES string of the molecule is c1ccc(-c2ccc(N(CCN(c3ccc(-c4ccccc4)cc3)c3ccc(-c4ccccc4)cc3)c3ccc(-c4ccccc4)cc3)cc2)cc1. The molecule has 0 atom stereocenters. The highest BCUT2D eigenvalue weighted by molar-refractivity contribution is 5.75. The zero-order chi connectivity index (χ0) is 35.0. The van der Waals surface area contributed by atoms with Gasteiger partial charge < -0.3 is 9.80 Å². The third-order valence-electron chi connectivity index (χ3n) is 9.69. The molecule has 0 aromatic heterocycles. The summed E-state index contributed by atoms with van der Waals surface area (Å²) >= 11 is 0. The second-order valence-electron chi connectivity index (χ2n) is 13.0. The van der Waals surface area contributed by atoms with Gasteiger partial charge in [0.25, 0.3) is 0 Å². The van der Waals surface area contributed by atoms with E-state index in [1.165, 1.54) is 44.5 Å². The molecule has 0 aliphatic heterocycles. The molecule has 0 saturated carbocycles. The average Bonchev–Trinajstić information content (AvgIpc) is 3.24. The van der Waals surface area contributed by atoms with Crippen molar-refractivity contribution in [2.24, 2.45) is 0 Å². The van der Waals surface area contributed by atoms with Gasteiger partial charge in [-0.2, -0.15) is 0 Å². The topological polar surface area (TPSA) is 6.48 Å². The first-order valence-corrected chi connectivity index (χ1v) is 18.0. The van der Waals surface area contributed by atoms with Crippen LogP contribution >= 0.6 is 0 Å². The zero-order valence-corrected chi connectivity index (χ0v) is 29.1. The van der Waals surface area contributed by atoms with Gasteiger partial charge in [-0.05, 0) is 93.0 Å². The first-order chi connectivity index (χ1) is 25.8. The number of rotatable bonds is 11. The van der Waals surface area contributed by atoms with E-state index in [1.54, 1.807) is 0 Å². The maximum Gasteiger partial charge on any atom is 0.0411 e. The molecule has 0 amide bonds. The van der Waals surface area contributed by atoms with Crippen LogP contribution in [0.3, 0.4) is 0 Å². The molecule has 0 aliphatic rings. The first-order valence-electron chi connectivity index (χ1n) is 18.0. The molecule has 250 valence electrons. The summed E-state index contributed by atoms with van der Waals surface area (Å²) in [5, 5.41) is 0. The van der Waals surface area contributed by atoms with Gasteiger partial charge in [0.2, 0.25) is 0 Å². The minimum atomic E-state index is 0.774. The summed E-state index contributed by atoms with van der Waals surface area (Å²) in [5.41, 5.74) is 14.4. The van der Waals surface area contributed by atoms with E-state index in [9.17, 15) is 0 Å². The molecule has 2 heteroatoms. The van der Waals surface area contributed by atoms with E-state index < -0.39 is 0 Å². The van der Waals surface area contributed by atoms with Gasteiger partial charge >= 0.3 is 0 Å². The van der Waals surface area contributed by atoms with Crippen molar-refractivity contribution in [3.05, 3.63) is 218 Å². The van der Waals surface area contributed by atoms with Gasteiger partial charge in [-0.1, -0.05) is 170 Å². The smallest absolute Gasteiger partial charge is 0.0411 e. The van der Waals surface area contributed by atoms with E-state index >= 15 is 0 Å². The van der Waals surface area contributed by atoms with Crippen LogP contribution in [0.2, 0.25) is 0 Å². The van der Waals surface area contributed by atoms with Crippen molar-refractivity contribution in [3.63, 3.8) is 0 Å². The molecule has 0 spiro atoms. The molecule has 8 rings (SSSR count). The molecule has 8 aromatic carbocycles. The van der Waals surface area contributed by atoms with E-state index in [4.69, 9.17) is 0 Å². The van der Waals surface area contributed by atoms with Crippen molar-refractivity contribution in [2.45, 2.75) is 0 Å². The maximum atomic E-state index is 2.44. The predicted octanol–water partition coefficient (Wildman–Crippen LogP) is 13.3. The van der Waals surface area contributed by atoms with Gasteiger partial charge in [-0.3, -0.25) is 0 Å². The second-order valence-corrected chi connectivity index (χ2v) is 13.0. The highest BCUT2D eigenvalue weighted by Crippen LogP contribution is 2.34. The van der Waals surface area contributed by atoms with Gasteiger partial charge in [0.05, 0.1) is 0 Å². The van der Waals surface area contributed by atoms with Crippen molar-refractivity contribution in [2.75, 3.05) is 22.9 Å². The number of nitrogens with zero attached hydrogens (tertiary/aromatic N) is 2. The lowest BCUT2D eigenvalue weighted by Crippen LogP contribution is -2.30. The predicted molar refractivity (Wildman–Crippen MR) is 222 cm³/mol. The molecule has 0 heterocycles. The number of anilines is 4. The normalized spacial score (nSPS) is 10.8. The van der Waals surface area contributed by atoms with Crippen LogP contribution in [0.4, 0.5) is 22.7 Å². The summed E-state index contributed by atoms with van der Waals surface area (Å²) < 4.78 is 0. The van der Waals surface area contributed by atoms with Crippen molar-refractivity contribution in [1.29, 1.82) is 0 Å². The summed E-state index contributed by atoms with van der Waals surface area (Å²) in [6, 6.07) is 78.2. The van der Waals surface area contributed by atoms with Crippen molar-refractivity contribution in [1.82, 2.24) is 0 Å². The average molecular weight is 669 g/mol. The fourth-order valence-corrected chi connectivity index (χ4v) is 6.87. The quantitative estimate of drug-likeness (QED) is 0.135. The van der Waals surface area contributed by atoms with Gasteiger partial charge in [0.1, 0.15) is 0 Å². The summed E-state index contributed by atoms with van der Waals surface area (Å²) in [7, 11) is 0. The molecule has 0 unspecified atom stereocenters. The summed E-state index contributed by atoms with van der Waals surface area (Å²) in [4.78, 5) is 4.88. The fourth-order valence-electron chi connectivity index (χ4n) is 6.87. The van der Waals surface area contributed by atoms with E-state index in [0.717, 1.165) is 35.8 Å². The van der Waals surface area contributed by atoms with Gasteiger partial charge in [0.15, 0.2) is 0 Å². The summed E-state index contributed by atoms with van der Waals surface area (Å²) in [6.45, 7) is 1.55.